The van der Waals surface area contributed by atoms with Crippen LogP contribution in [-0.2, 0) is 0 Å². The van der Waals surface area contributed by atoms with Crippen LogP contribution < -0.4 is 0 Å². The van der Waals surface area contributed by atoms with Gasteiger partial charge in [0, 0.05) is 8.95 Å². The summed E-state index contributed by atoms with van der Waals surface area (Å²) in [7, 11) is 0. The summed E-state index contributed by atoms with van der Waals surface area (Å²) in [5.74, 6) is 1.12. The molecule has 102 valence electrons. The first-order valence-corrected chi connectivity index (χ1v) is 7.99. The largest absolute Gasteiger partial charge is 0.436 e. The van der Waals surface area contributed by atoms with E-state index in [-0.39, 0.29) is 0 Å². The Hall–Kier alpha value is -1.13. The minimum Gasteiger partial charge on any atom is -0.436 e. The van der Waals surface area contributed by atoms with Gasteiger partial charge in [0.1, 0.15) is 5.52 Å². The van der Waals surface area contributed by atoms with E-state index in [1.807, 2.05) is 24.3 Å². The molecular formula is C16H13Br2NO. The Labute approximate surface area is 134 Å². The fourth-order valence-corrected chi connectivity index (χ4v) is 3.30. The molecule has 0 saturated heterocycles. The third-order valence-electron chi connectivity index (χ3n) is 3.24. The Bertz CT molecular complexity index is 777. The predicted molar refractivity (Wildman–Crippen MR) is 88.9 cm³/mol. The molecular weight excluding hydrogens is 382 g/mol. The first-order chi connectivity index (χ1) is 9.54. The van der Waals surface area contributed by atoms with E-state index in [0.29, 0.717) is 11.8 Å². The average Bonchev–Trinajstić information content (AvgIpc) is 2.80. The molecule has 1 heterocycles. The van der Waals surface area contributed by atoms with Crippen LogP contribution in [0.4, 0.5) is 0 Å². The van der Waals surface area contributed by atoms with Gasteiger partial charge in [-0.15, -0.1) is 0 Å². The van der Waals surface area contributed by atoms with Gasteiger partial charge in [-0.25, -0.2) is 4.98 Å². The zero-order chi connectivity index (χ0) is 14.3. The van der Waals surface area contributed by atoms with Crippen molar-refractivity contribution in [1.29, 1.82) is 0 Å². The molecule has 0 spiro atoms. The normalized spacial score (nSPS) is 11.4. The Balaban J connectivity index is 2.13. The predicted octanol–water partition coefficient (Wildman–Crippen LogP) is 6.14. The highest BCUT2D eigenvalue weighted by Gasteiger charge is 2.12. The van der Waals surface area contributed by atoms with E-state index in [1.165, 1.54) is 5.56 Å². The van der Waals surface area contributed by atoms with Crippen molar-refractivity contribution in [2.45, 2.75) is 19.8 Å². The van der Waals surface area contributed by atoms with Crippen LogP contribution in [0.5, 0.6) is 0 Å². The van der Waals surface area contributed by atoms with Crippen LogP contribution in [0.25, 0.3) is 22.6 Å². The second-order valence-electron chi connectivity index (χ2n) is 5.03. The molecule has 2 aromatic carbocycles. The average molecular weight is 395 g/mol. The first kappa shape index (κ1) is 13.8. The molecule has 0 aliphatic heterocycles. The van der Waals surface area contributed by atoms with Crippen LogP contribution in [-0.4, -0.2) is 4.98 Å². The van der Waals surface area contributed by atoms with E-state index in [0.717, 1.165) is 25.6 Å². The molecule has 0 atom stereocenters. The third kappa shape index (κ3) is 2.54. The second kappa shape index (κ2) is 5.34. The van der Waals surface area contributed by atoms with Gasteiger partial charge < -0.3 is 4.42 Å². The third-order valence-corrected chi connectivity index (χ3v) is 4.39. The zero-order valence-electron chi connectivity index (χ0n) is 11.2. The van der Waals surface area contributed by atoms with Crippen LogP contribution in [0.15, 0.2) is 49.8 Å². The fourth-order valence-electron chi connectivity index (χ4n) is 2.08. The SMILES string of the molecule is CC(C)c1ccc2oc(-c3ccc(Br)cc3Br)nc2c1. The number of halogens is 2. The highest BCUT2D eigenvalue weighted by molar-refractivity contribution is 9.11. The summed E-state index contributed by atoms with van der Waals surface area (Å²) in [4.78, 5) is 4.60. The smallest absolute Gasteiger partial charge is 0.228 e. The molecule has 0 aliphatic rings. The van der Waals surface area contributed by atoms with Gasteiger partial charge in [-0.05, 0) is 57.7 Å². The van der Waals surface area contributed by atoms with Gasteiger partial charge in [-0.3, -0.25) is 0 Å². The summed E-state index contributed by atoms with van der Waals surface area (Å²) in [6.45, 7) is 4.35. The number of benzene rings is 2. The molecule has 0 fully saturated rings. The topological polar surface area (TPSA) is 26.0 Å². The van der Waals surface area contributed by atoms with E-state index >= 15 is 0 Å². The van der Waals surface area contributed by atoms with Gasteiger partial charge in [0.05, 0.1) is 5.56 Å². The lowest BCUT2D eigenvalue weighted by Gasteiger charge is -2.02. The van der Waals surface area contributed by atoms with E-state index in [4.69, 9.17) is 4.42 Å². The standard InChI is InChI=1S/C16H13Br2NO/c1-9(2)10-3-6-15-14(7-10)19-16(20-15)12-5-4-11(17)8-13(12)18/h3-9H,1-2H3. The molecule has 3 aromatic rings. The lowest BCUT2D eigenvalue weighted by molar-refractivity contribution is 0.619. The van der Waals surface area contributed by atoms with Crippen molar-refractivity contribution in [2.75, 3.05) is 0 Å². The molecule has 0 unspecified atom stereocenters. The molecule has 0 aliphatic carbocycles. The number of fused-ring (bicyclic) bond motifs is 1. The zero-order valence-corrected chi connectivity index (χ0v) is 14.3. The van der Waals surface area contributed by atoms with Crippen molar-refractivity contribution >= 4 is 43.0 Å². The highest BCUT2D eigenvalue weighted by Crippen LogP contribution is 2.32. The van der Waals surface area contributed by atoms with E-state index < -0.39 is 0 Å². The number of nitrogens with zero attached hydrogens (tertiary/aromatic N) is 1. The molecule has 0 N–H and O–H groups in total. The summed E-state index contributed by atoms with van der Waals surface area (Å²) < 4.78 is 7.83. The Morgan fingerprint density at radius 1 is 1.05 bits per heavy atom. The molecule has 0 amide bonds. The maximum absolute atomic E-state index is 5.85. The molecule has 2 nitrogen and oxygen atoms in total. The van der Waals surface area contributed by atoms with Gasteiger partial charge in [0.2, 0.25) is 5.89 Å². The number of oxazole rings is 1. The molecule has 3 rings (SSSR count). The Morgan fingerprint density at radius 3 is 2.55 bits per heavy atom. The van der Waals surface area contributed by atoms with Gasteiger partial charge >= 0.3 is 0 Å². The summed E-state index contributed by atoms with van der Waals surface area (Å²) in [6.07, 6.45) is 0. The maximum Gasteiger partial charge on any atom is 0.228 e. The molecule has 0 bridgehead atoms. The lowest BCUT2D eigenvalue weighted by Crippen LogP contribution is -1.85. The maximum atomic E-state index is 5.85. The Kier molecular flexibility index (Phi) is 3.69. The number of rotatable bonds is 2. The van der Waals surface area contributed by atoms with Crippen LogP contribution >= 0.6 is 31.9 Å². The van der Waals surface area contributed by atoms with Crippen LogP contribution in [0.1, 0.15) is 25.3 Å². The summed E-state index contributed by atoms with van der Waals surface area (Å²) in [5, 5.41) is 0. The summed E-state index contributed by atoms with van der Waals surface area (Å²) in [5.41, 5.74) is 3.95. The lowest BCUT2D eigenvalue weighted by atomic mass is 10.0. The fraction of sp³-hybridized carbons (Fsp3) is 0.188. The van der Waals surface area contributed by atoms with Crippen molar-refractivity contribution < 1.29 is 4.42 Å². The van der Waals surface area contributed by atoms with E-state index in [9.17, 15) is 0 Å². The molecule has 4 heteroatoms. The van der Waals surface area contributed by atoms with Crippen LogP contribution in [0.3, 0.4) is 0 Å². The Morgan fingerprint density at radius 2 is 1.85 bits per heavy atom. The minimum absolute atomic E-state index is 0.485. The van der Waals surface area contributed by atoms with Crippen molar-refractivity contribution in [3.63, 3.8) is 0 Å². The van der Waals surface area contributed by atoms with Gasteiger partial charge in [-0.2, -0.15) is 0 Å². The number of hydrogen-bond donors (Lipinski definition) is 0. The van der Waals surface area contributed by atoms with Gasteiger partial charge in [0.15, 0.2) is 5.58 Å². The molecule has 1 aromatic heterocycles. The number of aromatic nitrogens is 1. The molecule has 0 saturated carbocycles. The first-order valence-electron chi connectivity index (χ1n) is 6.40. The molecule has 20 heavy (non-hydrogen) atoms. The van der Waals surface area contributed by atoms with Crippen molar-refractivity contribution in [3.8, 4) is 11.5 Å². The van der Waals surface area contributed by atoms with Crippen molar-refractivity contribution in [1.82, 2.24) is 4.98 Å². The number of hydrogen-bond acceptors (Lipinski definition) is 2. The molecule has 0 radical (unpaired) electrons. The quantitative estimate of drug-likeness (QED) is 0.521. The van der Waals surface area contributed by atoms with Gasteiger partial charge in [0.25, 0.3) is 0 Å². The van der Waals surface area contributed by atoms with Crippen LogP contribution in [0.2, 0.25) is 0 Å². The second-order valence-corrected chi connectivity index (χ2v) is 6.80. The van der Waals surface area contributed by atoms with Crippen molar-refractivity contribution in [2.24, 2.45) is 0 Å². The van der Waals surface area contributed by atoms with Crippen molar-refractivity contribution in [3.05, 3.63) is 50.9 Å². The summed E-state index contributed by atoms with van der Waals surface area (Å²) >= 11 is 7.00. The van der Waals surface area contributed by atoms with Gasteiger partial charge in [-0.1, -0.05) is 35.8 Å². The minimum atomic E-state index is 0.485. The monoisotopic (exact) mass is 393 g/mol. The highest BCUT2D eigenvalue weighted by atomic mass is 79.9. The summed E-state index contributed by atoms with van der Waals surface area (Å²) in [6, 6.07) is 12.1. The van der Waals surface area contributed by atoms with E-state index in [2.05, 4.69) is 62.8 Å². The van der Waals surface area contributed by atoms with Crippen LogP contribution in [0, 0.1) is 0 Å². The van der Waals surface area contributed by atoms with E-state index in [1.54, 1.807) is 0 Å².